The molecule has 2 N–H and O–H groups in total. The second-order valence-electron chi connectivity index (χ2n) is 19.4. The zero-order valence-electron chi connectivity index (χ0n) is 39.6. The smallest absolute Gasteiger partial charge is 0.273 e. The Bertz CT molecular complexity index is 2340. The minimum atomic E-state index is -1.47. The molecular weight excluding hydrogens is 883 g/mol. The second kappa shape index (κ2) is 22.5. The number of hydrogen-bond donors (Lipinski definition) is 2. The summed E-state index contributed by atoms with van der Waals surface area (Å²) in [4.78, 5) is 35.0. The lowest BCUT2D eigenvalue weighted by atomic mass is 9.55. The van der Waals surface area contributed by atoms with Gasteiger partial charge in [-0.3, -0.25) is 14.9 Å². The van der Waals surface area contributed by atoms with E-state index in [1.54, 1.807) is 24.3 Å². The Labute approximate surface area is 404 Å². The highest BCUT2D eigenvalue weighted by Crippen LogP contribution is 2.62. The van der Waals surface area contributed by atoms with Crippen LogP contribution in [0.1, 0.15) is 120 Å². The van der Waals surface area contributed by atoms with E-state index in [9.17, 15) is 20.3 Å². The summed E-state index contributed by atoms with van der Waals surface area (Å²) in [6.45, 7) is 5.29. The highest BCUT2D eigenvalue weighted by molar-refractivity contribution is 6.03. The maximum atomic E-state index is 15.4. The average Bonchev–Trinajstić information content (AvgIpc) is 4.08. The van der Waals surface area contributed by atoms with Crippen LogP contribution >= 0.6 is 0 Å². The van der Waals surface area contributed by atoms with E-state index in [4.69, 9.17) is 38.4 Å². The van der Waals surface area contributed by atoms with Gasteiger partial charge in [0.15, 0.2) is 11.5 Å². The van der Waals surface area contributed by atoms with E-state index in [0.29, 0.717) is 72.7 Å². The van der Waals surface area contributed by atoms with Gasteiger partial charge < -0.3 is 48.4 Å². The molecule has 1 saturated heterocycles. The first-order valence-corrected chi connectivity index (χ1v) is 25.2. The summed E-state index contributed by atoms with van der Waals surface area (Å²) in [6.07, 6.45) is 16.5. The molecule has 1 unspecified atom stereocenters. The van der Waals surface area contributed by atoms with E-state index in [1.807, 2.05) is 35.2 Å². The van der Waals surface area contributed by atoms with Crippen LogP contribution in [0.2, 0.25) is 0 Å². The highest BCUT2D eigenvalue weighted by Gasteiger charge is 2.65. The molecule has 0 aromatic heterocycles. The third kappa shape index (κ3) is 10.8. The molecule has 3 fully saturated rings. The van der Waals surface area contributed by atoms with Crippen molar-refractivity contribution in [2.75, 3.05) is 33.2 Å². The Hall–Kier alpha value is -5.48. The molecule has 3 aromatic rings. The number of unbranched alkanes of at least 4 members (excludes halogenated alkanes) is 2. The zero-order chi connectivity index (χ0) is 47.7. The standard InChI is InChI=1S/C54H67N3O12/c1-2-27-66-54-49(56(50(60)24-20-36-12-3-4-13-36)34-37-19-22-47-48(29-37)65-35-64-47)33-45(55-69-51-18-7-10-28-63-51)43-30-38(14-5-8-25-58)42(17-6-9-26-59)52(53(43)54)44-32-41(21-23-46(44)68-54)67-40-16-11-15-39(31-40)57(61)62/h2,11,15-16,19,21-23,29-32,36,38,42,49,51-53,58-59H,1,3-10,12-14,17-18,20,24-28,33-35H2/t38-,42+,49-,51?,52+,53+,54+/m0/s1. The molecule has 0 radical (unpaired) electrons. The van der Waals surface area contributed by atoms with Crippen molar-refractivity contribution in [3.8, 4) is 28.7 Å². The van der Waals surface area contributed by atoms with Crippen molar-refractivity contribution < 1.29 is 53.2 Å². The third-order valence-electron chi connectivity index (χ3n) is 15.1. The molecule has 1 amide bonds. The van der Waals surface area contributed by atoms with Crippen molar-refractivity contribution in [1.82, 2.24) is 4.90 Å². The van der Waals surface area contributed by atoms with Crippen molar-refractivity contribution in [2.24, 2.45) is 28.8 Å². The zero-order valence-corrected chi connectivity index (χ0v) is 39.6. The van der Waals surface area contributed by atoms with Crippen LogP contribution in [0.15, 0.2) is 90.1 Å². The van der Waals surface area contributed by atoms with Gasteiger partial charge >= 0.3 is 0 Å². The highest BCUT2D eigenvalue weighted by atomic mass is 16.8. The number of nitro benzene ring substituents is 1. The molecule has 15 heteroatoms. The maximum absolute atomic E-state index is 15.4. The van der Waals surface area contributed by atoms with Gasteiger partial charge in [-0.15, -0.1) is 6.58 Å². The van der Waals surface area contributed by atoms with Crippen molar-refractivity contribution in [1.29, 1.82) is 0 Å². The SMILES string of the molecule is C=CCO[C@@]12Oc3ccc(Oc4cccc([N+](=O)[O-])c4)cc3[C@H]3[C@H](CCCCO)[C@@H](CCCCO)C=C(C(=NOC4CCCCO4)C[C@@H]1N(Cc1ccc4c(c1)OCO4)C(=O)CCC1CCCC1)[C@H]32. The minimum absolute atomic E-state index is 0.0151. The fraction of sp³-hybridized carbons (Fsp3) is 0.556. The van der Waals surface area contributed by atoms with Crippen molar-refractivity contribution in [3.63, 3.8) is 0 Å². The number of aliphatic hydroxyl groups is 2. The predicted octanol–water partition coefficient (Wildman–Crippen LogP) is 10.3. The van der Waals surface area contributed by atoms with Crippen molar-refractivity contribution in [3.05, 3.63) is 106 Å². The summed E-state index contributed by atoms with van der Waals surface area (Å²) in [5.74, 6) is 0.801. The summed E-state index contributed by atoms with van der Waals surface area (Å²) in [5, 5.41) is 36.9. The number of rotatable bonds is 22. The molecule has 15 nitrogen and oxygen atoms in total. The van der Waals surface area contributed by atoms with Crippen LogP contribution in [0.4, 0.5) is 5.69 Å². The molecule has 6 aliphatic rings. The molecule has 7 atom stereocenters. The fourth-order valence-corrected chi connectivity index (χ4v) is 11.8. The second-order valence-corrected chi connectivity index (χ2v) is 19.4. The third-order valence-corrected chi connectivity index (χ3v) is 15.1. The Morgan fingerprint density at radius 3 is 2.48 bits per heavy atom. The Morgan fingerprint density at radius 1 is 0.913 bits per heavy atom. The monoisotopic (exact) mass is 949 g/mol. The van der Waals surface area contributed by atoms with Gasteiger partial charge in [-0.2, -0.15) is 0 Å². The number of oxime groups is 1. The van der Waals surface area contributed by atoms with Gasteiger partial charge in [-0.05, 0) is 110 Å². The quantitative estimate of drug-likeness (QED) is 0.0422. The van der Waals surface area contributed by atoms with Gasteiger partial charge in [0.25, 0.3) is 5.69 Å². The number of allylic oxidation sites excluding steroid dienone is 1. The number of hydrogen-bond acceptors (Lipinski definition) is 13. The van der Waals surface area contributed by atoms with Crippen molar-refractivity contribution in [2.45, 2.75) is 133 Å². The molecular formula is C54H67N3O12. The van der Waals surface area contributed by atoms with Gasteiger partial charge in [0.2, 0.25) is 24.8 Å². The summed E-state index contributed by atoms with van der Waals surface area (Å²) >= 11 is 0. The lowest BCUT2D eigenvalue weighted by Gasteiger charge is -2.60. The van der Waals surface area contributed by atoms with Crippen LogP contribution in [-0.2, 0) is 25.7 Å². The molecule has 2 saturated carbocycles. The van der Waals surface area contributed by atoms with E-state index in [1.165, 1.54) is 25.0 Å². The molecule has 3 aliphatic carbocycles. The van der Waals surface area contributed by atoms with E-state index in [2.05, 4.69) is 12.7 Å². The number of fused-ring (bicyclic) bond motifs is 3. The lowest BCUT2D eigenvalue weighted by molar-refractivity contribution is -0.384. The fourth-order valence-electron chi connectivity index (χ4n) is 11.8. The van der Waals surface area contributed by atoms with Crippen LogP contribution in [0.5, 0.6) is 28.7 Å². The number of amides is 1. The number of non-ortho nitro benzene ring substituents is 1. The van der Waals surface area contributed by atoms with Crippen LogP contribution in [0.3, 0.4) is 0 Å². The number of carbonyl (C=O) groups excluding carboxylic acids is 1. The summed E-state index contributed by atoms with van der Waals surface area (Å²) in [6, 6.07) is 16.9. The van der Waals surface area contributed by atoms with E-state index in [0.717, 1.165) is 74.5 Å². The average molecular weight is 950 g/mol. The number of aliphatic hydroxyl groups excluding tert-OH is 2. The largest absolute Gasteiger partial charge is 0.459 e. The summed E-state index contributed by atoms with van der Waals surface area (Å²) in [7, 11) is 0. The Morgan fingerprint density at radius 2 is 1.70 bits per heavy atom. The summed E-state index contributed by atoms with van der Waals surface area (Å²) < 4.78 is 38.8. The topological polar surface area (TPSA) is 181 Å². The number of benzene rings is 3. The maximum Gasteiger partial charge on any atom is 0.273 e. The van der Waals surface area contributed by atoms with Gasteiger partial charge in [0, 0.05) is 56.6 Å². The van der Waals surface area contributed by atoms with Gasteiger partial charge in [-0.1, -0.05) is 68.0 Å². The number of carbonyl (C=O) groups is 1. The molecule has 3 aromatic carbocycles. The van der Waals surface area contributed by atoms with E-state index in [-0.39, 0.29) is 68.9 Å². The van der Waals surface area contributed by atoms with Crippen LogP contribution < -0.4 is 18.9 Å². The van der Waals surface area contributed by atoms with Gasteiger partial charge in [0.05, 0.1) is 35.8 Å². The normalized spacial score (nSPS) is 26.3. The van der Waals surface area contributed by atoms with E-state index < -0.39 is 29.0 Å². The van der Waals surface area contributed by atoms with Gasteiger partial charge in [0.1, 0.15) is 23.3 Å². The van der Waals surface area contributed by atoms with E-state index >= 15 is 4.79 Å². The molecule has 0 bridgehead atoms. The number of nitro groups is 1. The minimum Gasteiger partial charge on any atom is -0.459 e. The first-order chi connectivity index (χ1) is 33.8. The first kappa shape index (κ1) is 48.5. The van der Waals surface area contributed by atoms with Crippen LogP contribution in [0, 0.1) is 33.8 Å². The van der Waals surface area contributed by atoms with Crippen LogP contribution in [0.25, 0.3) is 0 Å². The predicted molar refractivity (Wildman–Crippen MR) is 257 cm³/mol. The van der Waals surface area contributed by atoms with Crippen molar-refractivity contribution >= 4 is 17.3 Å². The number of ether oxygens (including phenoxy) is 6. The summed E-state index contributed by atoms with van der Waals surface area (Å²) in [5.41, 5.74) is 3.26. The first-order valence-electron chi connectivity index (χ1n) is 25.2. The molecule has 3 heterocycles. The molecule has 3 aliphatic heterocycles. The molecule has 0 spiro atoms. The Kier molecular flexibility index (Phi) is 15.8. The Balaban J connectivity index is 1.23. The molecule has 370 valence electrons. The number of nitrogens with zero attached hydrogens (tertiary/aromatic N) is 3. The molecule has 69 heavy (non-hydrogen) atoms. The van der Waals surface area contributed by atoms with Gasteiger partial charge in [-0.25, -0.2) is 0 Å². The lowest BCUT2D eigenvalue weighted by Crippen LogP contribution is -2.70. The van der Waals surface area contributed by atoms with Crippen LogP contribution in [-0.4, -0.2) is 83.0 Å². The molecule has 9 rings (SSSR count).